The summed E-state index contributed by atoms with van der Waals surface area (Å²) >= 11 is 0. The van der Waals surface area contributed by atoms with E-state index in [4.69, 9.17) is 0 Å². The first-order chi connectivity index (χ1) is 7.25. The molecule has 0 radical (unpaired) electrons. The highest BCUT2D eigenvalue weighted by atomic mass is 16.3. The second-order valence-corrected chi connectivity index (χ2v) is 5.23. The van der Waals surface area contributed by atoms with E-state index >= 15 is 0 Å². The van der Waals surface area contributed by atoms with Gasteiger partial charge in [0.25, 0.3) is 0 Å². The minimum atomic E-state index is -0.174. The molecule has 1 aliphatic heterocycles. The molecule has 1 atom stereocenters. The SMILES string of the molecule is C[C@H](O)CN(CC1CCNCC1)C1CC1. The Kier molecular flexibility index (Phi) is 4.00. The van der Waals surface area contributed by atoms with Crippen molar-refractivity contribution >= 4 is 0 Å². The molecule has 0 unspecified atom stereocenters. The summed E-state index contributed by atoms with van der Waals surface area (Å²) in [7, 11) is 0. The number of nitrogens with one attached hydrogen (secondary N) is 1. The first-order valence-electron chi connectivity index (χ1n) is 6.38. The summed E-state index contributed by atoms with van der Waals surface area (Å²) in [4.78, 5) is 2.51. The Balaban J connectivity index is 1.77. The monoisotopic (exact) mass is 212 g/mol. The van der Waals surface area contributed by atoms with Gasteiger partial charge < -0.3 is 10.4 Å². The highest BCUT2D eigenvalue weighted by molar-refractivity contribution is 4.87. The summed E-state index contributed by atoms with van der Waals surface area (Å²) in [5, 5.41) is 12.9. The van der Waals surface area contributed by atoms with Gasteiger partial charge in [-0.25, -0.2) is 0 Å². The van der Waals surface area contributed by atoms with Crippen LogP contribution < -0.4 is 5.32 Å². The van der Waals surface area contributed by atoms with Crippen LogP contribution in [0.1, 0.15) is 32.6 Å². The van der Waals surface area contributed by atoms with Gasteiger partial charge in [-0.2, -0.15) is 0 Å². The van der Waals surface area contributed by atoms with E-state index in [2.05, 4.69) is 10.2 Å². The van der Waals surface area contributed by atoms with Gasteiger partial charge in [-0.3, -0.25) is 4.90 Å². The van der Waals surface area contributed by atoms with Gasteiger partial charge in [0.05, 0.1) is 6.10 Å². The molecule has 0 aromatic carbocycles. The molecule has 3 heteroatoms. The van der Waals surface area contributed by atoms with Crippen LogP contribution in [0.15, 0.2) is 0 Å². The molecule has 0 aromatic rings. The van der Waals surface area contributed by atoms with Crippen LogP contribution in [-0.4, -0.2) is 48.3 Å². The predicted octanol–water partition coefficient (Wildman–Crippen LogP) is 0.831. The summed E-state index contributed by atoms with van der Waals surface area (Å²) in [6, 6.07) is 0.787. The van der Waals surface area contributed by atoms with Crippen LogP contribution in [0.5, 0.6) is 0 Å². The zero-order valence-corrected chi connectivity index (χ0v) is 9.78. The predicted molar refractivity (Wildman–Crippen MR) is 61.9 cm³/mol. The van der Waals surface area contributed by atoms with Gasteiger partial charge in [0.15, 0.2) is 0 Å². The molecule has 1 saturated heterocycles. The zero-order valence-electron chi connectivity index (χ0n) is 9.78. The number of rotatable bonds is 5. The maximum Gasteiger partial charge on any atom is 0.0639 e. The smallest absolute Gasteiger partial charge is 0.0639 e. The minimum Gasteiger partial charge on any atom is -0.392 e. The Hall–Kier alpha value is -0.120. The minimum absolute atomic E-state index is 0.174. The van der Waals surface area contributed by atoms with Crippen molar-refractivity contribution in [2.45, 2.75) is 44.8 Å². The number of hydrogen-bond acceptors (Lipinski definition) is 3. The molecule has 2 N–H and O–H groups in total. The molecule has 1 saturated carbocycles. The van der Waals surface area contributed by atoms with Crippen LogP contribution in [0.25, 0.3) is 0 Å². The highest BCUT2D eigenvalue weighted by Crippen LogP contribution is 2.28. The molecule has 1 aliphatic carbocycles. The molecule has 2 aliphatic rings. The van der Waals surface area contributed by atoms with Crippen LogP contribution in [0.2, 0.25) is 0 Å². The van der Waals surface area contributed by atoms with Crippen LogP contribution in [-0.2, 0) is 0 Å². The van der Waals surface area contributed by atoms with Crippen molar-refractivity contribution in [1.29, 1.82) is 0 Å². The Labute approximate surface area is 92.8 Å². The normalized spacial score (nSPS) is 25.8. The molecule has 2 fully saturated rings. The Morgan fingerprint density at radius 1 is 1.27 bits per heavy atom. The topological polar surface area (TPSA) is 35.5 Å². The summed E-state index contributed by atoms with van der Waals surface area (Å²) < 4.78 is 0. The summed E-state index contributed by atoms with van der Waals surface area (Å²) in [6.07, 6.45) is 5.13. The zero-order chi connectivity index (χ0) is 10.7. The van der Waals surface area contributed by atoms with Gasteiger partial charge in [-0.1, -0.05) is 0 Å². The molecular formula is C12H24N2O. The molecule has 15 heavy (non-hydrogen) atoms. The van der Waals surface area contributed by atoms with E-state index in [0.717, 1.165) is 18.5 Å². The van der Waals surface area contributed by atoms with Crippen molar-refractivity contribution in [3.8, 4) is 0 Å². The number of aliphatic hydroxyl groups is 1. The van der Waals surface area contributed by atoms with E-state index in [-0.39, 0.29) is 6.10 Å². The van der Waals surface area contributed by atoms with Crippen molar-refractivity contribution in [2.75, 3.05) is 26.2 Å². The Morgan fingerprint density at radius 2 is 1.93 bits per heavy atom. The molecule has 1 heterocycles. The fourth-order valence-corrected chi connectivity index (χ4v) is 2.55. The van der Waals surface area contributed by atoms with Gasteiger partial charge in [-0.05, 0) is 51.6 Å². The van der Waals surface area contributed by atoms with Gasteiger partial charge in [0.1, 0.15) is 0 Å². The van der Waals surface area contributed by atoms with Gasteiger partial charge in [0, 0.05) is 19.1 Å². The summed E-state index contributed by atoms with van der Waals surface area (Å²) in [5.74, 6) is 0.852. The van der Waals surface area contributed by atoms with E-state index in [1.807, 2.05) is 6.92 Å². The molecule has 2 rings (SSSR count). The number of aliphatic hydroxyl groups excluding tert-OH is 1. The van der Waals surface area contributed by atoms with Gasteiger partial charge >= 0.3 is 0 Å². The molecule has 0 bridgehead atoms. The van der Waals surface area contributed by atoms with Crippen LogP contribution in [0.4, 0.5) is 0 Å². The van der Waals surface area contributed by atoms with Crippen molar-refractivity contribution in [2.24, 2.45) is 5.92 Å². The fourth-order valence-electron chi connectivity index (χ4n) is 2.55. The molecule has 0 aromatic heterocycles. The van der Waals surface area contributed by atoms with Crippen LogP contribution in [0, 0.1) is 5.92 Å². The van der Waals surface area contributed by atoms with Crippen LogP contribution in [0.3, 0.4) is 0 Å². The first kappa shape index (κ1) is 11.4. The molecular weight excluding hydrogens is 188 g/mol. The second-order valence-electron chi connectivity index (χ2n) is 5.23. The third kappa shape index (κ3) is 3.74. The molecule has 0 amide bonds. The van der Waals surface area contributed by atoms with E-state index in [9.17, 15) is 5.11 Å². The fraction of sp³-hybridized carbons (Fsp3) is 1.00. The maximum absolute atomic E-state index is 9.47. The van der Waals surface area contributed by atoms with E-state index in [1.54, 1.807) is 0 Å². The van der Waals surface area contributed by atoms with Gasteiger partial charge in [0.2, 0.25) is 0 Å². The molecule has 88 valence electrons. The van der Waals surface area contributed by atoms with Crippen molar-refractivity contribution in [3.63, 3.8) is 0 Å². The van der Waals surface area contributed by atoms with E-state index in [1.165, 1.54) is 45.3 Å². The lowest BCUT2D eigenvalue weighted by Crippen LogP contribution is -2.40. The molecule has 0 spiro atoms. The first-order valence-corrected chi connectivity index (χ1v) is 6.38. The number of piperidine rings is 1. The quantitative estimate of drug-likeness (QED) is 0.708. The lowest BCUT2D eigenvalue weighted by Gasteiger charge is -2.30. The van der Waals surface area contributed by atoms with E-state index < -0.39 is 0 Å². The molecule has 3 nitrogen and oxygen atoms in total. The maximum atomic E-state index is 9.47. The van der Waals surface area contributed by atoms with Crippen molar-refractivity contribution < 1.29 is 5.11 Å². The third-order valence-corrected chi connectivity index (χ3v) is 3.51. The van der Waals surface area contributed by atoms with E-state index in [0.29, 0.717) is 0 Å². The average Bonchev–Trinajstić information content (AvgIpc) is 3.01. The highest BCUT2D eigenvalue weighted by Gasteiger charge is 2.31. The van der Waals surface area contributed by atoms with Gasteiger partial charge in [-0.15, -0.1) is 0 Å². The lowest BCUT2D eigenvalue weighted by molar-refractivity contribution is 0.105. The van der Waals surface area contributed by atoms with Crippen molar-refractivity contribution in [1.82, 2.24) is 10.2 Å². The number of nitrogens with zero attached hydrogens (tertiary/aromatic N) is 1. The third-order valence-electron chi connectivity index (χ3n) is 3.51. The Morgan fingerprint density at radius 3 is 2.47 bits per heavy atom. The second kappa shape index (κ2) is 5.28. The van der Waals surface area contributed by atoms with Crippen LogP contribution >= 0.6 is 0 Å². The summed E-state index contributed by atoms with van der Waals surface area (Å²) in [6.45, 7) is 6.33. The standard InChI is InChI=1S/C12H24N2O/c1-10(15)8-14(12-2-3-12)9-11-4-6-13-7-5-11/h10-13,15H,2-9H2,1H3/t10-/m0/s1. The van der Waals surface area contributed by atoms with Crippen molar-refractivity contribution in [3.05, 3.63) is 0 Å². The number of hydrogen-bond donors (Lipinski definition) is 2. The average molecular weight is 212 g/mol. The lowest BCUT2D eigenvalue weighted by atomic mass is 9.97. The largest absolute Gasteiger partial charge is 0.392 e. The summed E-state index contributed by atoms with van der Waals surface area (Å²) in [5.41, 5.74) is 0. The Bertz CT molecular complexity index is 186.